The van der Waals surface area contributed by atoms with E-state index < -0.39 is 23.5 Å². The van der Waals surface area contributed by atoms with Crippen molar-refractivity contribution in [2.75, 3.05) is 11.5 Å². The van der Waals surface area contributed by atoms with Gasteiger partial charge in [-0.2, -0.15) is 0 Å². The Bertz CT molecular complexity index is 1230. The second kappa shape index (κ2) is 9.28. The van der Waals surface area contributed by atoms with Crippen LogP contribution in [0.25, 0.3) is 5.76 Å². The van der Waals surface area contributed by atoms with Gasteiger partial charge in [0, 0.05) is 16.8 Å². The molecule has 0 aromatic heterocycles. The molecule has 0 aliphatic carbocycles. The van der Waals surface area contributed by atoms with Crippen LogP contribution in [0.5, 0.6) is 5.75 Å². The van der Waals surface area contributed by atoms with Crippen LogP contribution in [-0.2, 0) is 9.59 Å². The third kappa shape index (κ3) is 4.24. The number of amides is 1. The first-order valence-corrected chi connectivity index (χ1v) is 10.8. The average Bonchev–Trinajstić information content (AvgIpc) is 3.08. The maximum Gasteiger partial charge on any atom is 0.300 e. The number of carbonyl (C=O) groups is 2. The molecule has 0 saturated carbocycles. The summed E-state index contributed by atoms with van der Waals surface area (Å²) in [5.41, 5.74) is 1.68. The van der Waals surface area contributed by atoms with Gasteiger partial charge >= 0.3 is 0 Å². The van der Waals surface area contributed by atoms with Crippen molar-refractivity contribution in [3.63, 3.8) is 0 Å². The lowest BCUT2D eigenvalue weighted by Crippen LogP contribution is -2.29. The van der Waals surface area contributed by atoms with Crippen molar-refractivity contribution in [3.05, 3.63) is 101 Å². The predicted molar refractivity (Wildman–Crippen MR) is 125 cm³/mol. The van der Waals surface area contributed by atoms with Gasteiger partial charge in [0.05, 0.1) is 18.2 Å². The Kier molecular flexibility index (Phi) is 6.27. The molecule has 0 radical (unpaired) electrons. The monoisotopic (exact) mass is 445 g/mol. The van der Waals surface area contributed by atoms with Gasteiger partial charge in [-0.15, -0.1) is 0 Å². The number of nitrogens with zero attached hydrogens (tertiary/aromatic N) is 1. The summed E-state index contributed by atoms with van der Waals surface area (Å²) in [6.45, 7) is 4.38. The Labute approximate surface area is 191 Å². The molecule has 6 heteroatoms. The smallest absolute Gasteiger partial charge is 0.300 e. The van der Waals surface area contributed by atoms with Gasteiger partial charge in [0.25, 0.3) is 11.7 Å². The van der Waals surface area contributed by atoms with Gasteiger partial charge in [0.2, 0.25) is 0 Å². The number of halogens is 1. The first kappa shape index (κ1) is 22.3. The molecule has 33 heavy (non-hydrogen) atoms. The number of aliphatic hydroxyl groups excluding tert-OH is 1. The van der Waals surface area contributed by atoms with Crippen molar-refractivity contribution in [2.45, 2.75) is 26.3 Å². The number of hydrogen-bond donors (Lipinski definition) is 1. The van der Waals surface area contributed by atoms with E-state index in [9.17, 15) is 19.1 Å². The van der Waals surface area contributed by atoms with E-state index in [1.807, 2.05) is 26.0 Å². The summed E-state index contributed by atoms with van der Waals surface area (Å²) in [5, 5.41) is 11.2. The molecule has 5 nitrogen and oxygen atoms in total. The standard InChI is InChI=1S/C27H24FNO4/c1-3-15-33-20-8-6-7-18(16-20)25(30)23-24(21-9-4-5-10-22(21)28)29(27(32)26(23)31)19-13-11-17(2)12-14-19/h4-14,16,24,30H,3,15H2,1-2H3/b25-23-. The highest BCUT2D eigenvalue weighted by molar-refractivity contribution is 6.51. The van der Waals surface area contributed by atoms with Crippen LogP contribution < -0.4 is 9.64 Å². The molecule has 1 amide bonds. The first-order valence-electron chi connectivity index (χ1n) is 10.8. The van der Waals surface area contributed by atoms with Crippen LogP contribution in [0.1, 0.15) is 36.1 Å². The molecule has 1 heterocycles. The van der Waals surface area contributed by atoms with Crippen LogP contribution in [0, 0.1) is 12.7 Å². The number of aryl methyl sites for hydroxylation is 1. The van der Waals surface area contributed by atoms with Crippen LogP contribution in [-0.4, -0.2) is 23.4 Å². The second-order valence-corrected chi connectivity index (χ2v) is 7.90. The number of ether oxygens (including phenoxy) is 1. The lowest BCUT2D eigenvalue weighted by atomic mass is 9.94. The van der Waals surface area contributed by atoms with Gasteiger partial charge in [0.15, 0.2) is 0 Å². The van der Waals surface area contributed by atoms with E-state index in [0.29, 0.717) is 23.6 Å². The van der Waals surface area contributed by atoms with Crippen LogP contribution in [0.4, 0.5) is 10.1 Å². The van der Waals surface area contributed by atoms with Gasteiger partial charge in [-0.25, -0.2) is 4.39 Å². The van der Waals surface area contributed by atoms with Gasteiger partial charge in [-0.1, -0.05) is 55.0 Å². The zero-order chi connectivity index (χ0) is 23.5. The Morgan fingerprint density at radius 3 is 2.45 bits per heavy atom. The van der Waals surface area contributed by atoms with Gasteiger partial charge < -0.3 is 9.84 Å². The van der Waals surface area contributed by atoms with E-state index in [-0.39, 0.29) is 16.9 Å². The minimum atomic E-state index is -1.12. The van der Waals surface area contributed by atoms with E-state index in [4.69, 9.17) is 4.74 Å². The molecule has 1 N–H and O–H groups in total. The molecular weight excluding hydrogens is 421 g/mol. The number of carbonyl (C=O) groups excluding carboxylic acids is 2. The molecule has 0 spiro atoms. The van der Waals surface area contributed by atoms with Crippen LogP contribution in [0.15, 0.2) is 78.4 Å². The molecular formula is C27H24FNO4. The van der Waals surface area contributed by atoms with Crippen molar-refractivity contribution < 1.29 is 23.8 Å². The number of hydrogen-bond acceptors (Lipinski definition) is 4. The molecule has 1 saturated heterocycles. The molecule has 3 aromatic rings. The maximum absolute atomic E-state index is 14.9. The molecule has 0 bridgehead atoms. The van der Waals surface area contributed by atoms with Crippen LogP contribution in [0.2, 0.25) is 0 Å². The highest BCUT2D eigenvalue weighted by atomic mass is 19.1. The summed E-state index contributed by atoms with van der Waals surface area (Å²) in [6.07, 6.45) is 0.811. The lowest BCUT2D eigenvalue weighted by Gasteiger charge is -2.26. The van der Waals surface area contributed by atoms with Crippen molar-refractivity contribution in [2.24, 2.45) is 0 Å². The summed E-state index contributed by atoms with van der Waals surface area (Å²) in [4.78, 5) is 27.5. The topological polar surface area (TPSA) is 66.8 Å². The molecule has 1 unspecified atom stereocenters. The number of anilines is 1. The first-order chi connectivity index (χ1) is 15.9. The Hall–Kier alpha value is -3.93. The molecule has 1 aliphatic heterocycles. The predicted octanol–water partition coefficient (Wildman–Crippen LogP) is 5.55. The van der Waals surface area contributed by atoms with Gasteiger partial charge in [-0.3, -0.25) is 14.5 Å². The fraction of sp³-hybridized carbons (Fsp3) is 0.185. The molecule has 1 aliphatic rings. The number of aliphatic hydroxyl groups is 1. The summed E-state index contributed by atoms with van der Waals surface area (Å²) >= 11 is 0. The van der Waals surface area contributed by atoms with Gasteiger partial charge in [0.1, 0.15) is 17.3 Å². The van der Waals surface area contributed by atoms with E-state index in [0.717, 1.165) is 12.0 Å². The van der Waals surface area contributed by atoms with Crippen LogP contribution >= 0.6 is 0 Å². The summed E-state index contributed by atoms with van der Waals surface area (Å²) in [6, 6.07) is 18.5. The van der Waals surface area contributed by atoms with E-state index in [1.165, 1.54) is 23.1 Å². The normalized spacial score (nSPS) is 17.4. The number of Topliss-reactive ketones (excluding diaryl/α,β-unsaturated/α-hetero) is 1. The maximum atomic E-state index is 14.9. The number of benzene rings is 3. The fourth-order valence-corrected chi connectivity index (χ4v) is 3.90. The Morgan fingerprint density at radius 1 is 1.03 bits per heavy atom. The average molecular weight is 445 g/mol. The second-order valence-electron chi connectivity index (χ2n) is 7.90. The molecule has 3 aromatic carbocycles. The highest BCUT2D eigenvalue weighted by Gasteiger charge is 2.47. The van der Waals surface area contributed by atoms with Crippen molar-refractivity contribution >= 4 is 23.1 Å². The van der Waals surface area contributed by atoms with Crippen LogP contribution in [0.3, 0.4) is 0 Å². The minimum absolute atomic E-state index is 0.122. The molecule has 168 valence electrons. The number of ketones is 1. The molecule has 1 atom stereocenters. The molecule has 4 rings (SSSR count). The van der Waals surface area contributed by atoms with Crippen molar-refractivity contribution in [1.82, 2.24) is 0 Å². The SMILES string of the molecule is CCCOc1cccc(/C(O)=C2/C(=O)C(=O)N(c3ccc(C)cc3)C2c2ccccc2F)c1. The minimum Gasteiger partial charge on any atom is -0.507 e. The summed E-state index contributed by atoms with van der Waals surface area (Å²) in [5.74, 6) is -2.13. The Balaban J connectivity index is 1.90. The van der Waals surface area contributed by atoms with E-state index in [2.05, 4.69) is 0 Å². The largest absolute Gasteiger partial charge is 0.507 e. The third-order valence-corrected chi connectivity index (χ3v) is 5.54. The highest BCUT2D eigenvalue weighted by Crippen LogP contribution is 2.43. The van der Waals surface area contributed by atoms with Gasteiger partial charge in [-0.05, 0) is 43.7 Å². The zero-order valence-corrected chi connectivity index (χ0v) is 18.4. The Morgan fingerprint density at radius 2 is 1.76 bits per heavy atom. The summed E-state index contributed by atoms with van der Waals surface area (Å²) < 4.78 is 20.6. The third-order valence-electron chi connectivity index (χ3n) is 5.54. The lowest BCUT2D eigenvalue weighted by molar-refractivity contribution is -0.132. The van der Waals surface area contributed by atoms with E-state index in [1.54, 1.807) is 42.5 Å². The van der Waals surface area contributed by atoms with Crippen molar-refractivity contribution in [3.8, 4) is 5.75 Å². The number of rotatable bonds is 6. The van der Waals surface area contributed by atoms with E-state index >= 15 is 0 Å². The fourth-order valence-electron chi connectivity index (χ4n) is 3.90. The summed E-state index contributed by atoms with van der Waals surface area (Å²) in [7, 11) is 0. The van der Waals surface area contributed by atoms with Crippen molar-refractivity contribution in [1.29, 1.82) is 0 Å². The molecule has 1 fully saturated rings. The quantitative estimate of drug-likeness (QED) is 0.307. The zero-order valence-electron chi connectivity index (χ0n) is 18.4.